The number of benzene rings is 2. The lowest BCUT2D eigenvalue weighted by Crippen LogP contribution is -2.31. The van der Waals surface area contributed by atoms with Crippen molar-refractivity contribution in [1.82, 2.24) is 10.3 Å². The van der Waals surface area contributed by atoms with Crippen molar-refractivity contribution in [3.8, 4) is 5.75 Å². The minimum atomic E-state index is -0.579. The molecule has 1 atom stereocenters. The van der Waals surface area contributed by atoms with Gasteiger partial charge in [-0.2, -0.15) is 0 Å². The van der Waals surface area contributed by atoms with E-state index in [4.69, 9.17) is 9.47 Å². The monoisotopic (exact) mass is 438 g/mol. The number of esters is 1. The van der Waals surface area contributed by atoms with E-state index in [0.29, 0.717) is 17.9 Å². The predicted octanol–water partition coefficient (Wildman–Crippen LogP) is 4.63. The van der Waals surface area contributed by atoms with Gasteiger partial charge in [0.15, 0.2) is 6.61 Å². The van der Waals surface area contributed by atoms with Gasteiger partial charge in [-0.1, -0.05) is 37.3 Å². The largest absolute Gasteiger partial charge is 0.487 e. The zero-order valence-corrected chi connectivity index (χ0v) is 18.7. The molecule has 3 aromatic rings. The Morgan fingerprint density at radius 1 is 1.16 bits per heavy atom. The number of hydrogen-bond acceptors (Lipinski definition) is 6. The Kier molecular flexibility index (Phi) is 7.78. The molecule has 0 saturated carbocycles. The SMILES string of the molecule is CCc1ccc(C(C)NC(=O)COC(=O)c2cccc(OCc3csc(C)n3)c2)cc1. The summed E-state index contributed by atoms with van der Waals surface area (Å²) in [6.07, 6.45) is 0.966. The van der Waals surface area contributed by atoms with E-state index in [0.717, 1.165) is 22.7 Å². The molecule has 0 spiro atoms. The molecule has 2 aromatic carbocycles. The second-order valence-electron chi connectivity index (χ2n) is 7.13. The second-order valence-corrected chi connectivity index (χ2v) is 8.20. The number of carbonyl (C=O) groups excluding carboxylic acids is 2. The third-order valence-electron chi connectivity index (χ3n) is 4.72. The summed E-state index contributed by atoms with van der Waals surface area (Å²) in [5, 5.41) is 5.75. The van der Waals surface area contributed by atoms with E-state index in [9.17, 15) is 9.59 Å². The highest BCUT2D eigenvalue weighted by Gasteiger charge is 2.14. The smallest absolute Gasteiger partial charge is 0.338 e. The van der Waals surface area contributed by atoms with Gasteiger partial charge in [-0.05, 0) is 49.6 Å². The Bertz CT molecular complexity index is 1030. The first-order valence-corrected chi connectivity index (χ1v) is 11.0. The van der Waals surface area contributed by atoms with Crippen LogP contribution in [0.3, 0.4) is 0 Å². The van der Waals surface area contributed by atoms with Crippen LogP contribution in [0.4, 0.5) is 0 Å². The quantitative estimate of drug-likeness (QED) is 0.493. The zero-order valence-electron chi connectivity index (χ0n) is 17.9. The number of nitrogens with one attached hydrogen (secondary N) is 1. The van der Waals surface area contributed by atoms with E-state index in [1.165, 1.54) is 5.56 Å². The number of hydrogen-bond donors (Lipinski definition) is 1. The van der Waals surface area contributed by atoms with E-state index in [2.05, 4.69) is 17.2 Å². The van der Waals surface area contributed by atoms with Crippen LogP contribution >= 0.6 is 11.3 Å². The Balaban J connectivity index is 1.48. The molecular formula is C24H26N2O4S. The highest BCUT2D eigenvalue weighted by atomic mass is 32.1. The van der Waals surface area contributed by atoms with Gasteiger partial charge in [-0.3, -0.25) is 4.79 Å². The number of rotatable bonds is 9. The summed E-state index contributed by atoms with van der Waals surface area (Å²) in [5.41, 5.74) is 3.40. The molecule has 0 fully saturated rings. The maximum Gasteiger partial charge on any atom is 0.338 e. The lowest BCUT2D eigenvalue weighted by Gasteiger charge is -2.15. The summed E-state index contributed by atoms with van der Waals surface area (Å²) >= 11 is 1.56. The van der Waals surface area contributed by atoms with Gasteiger partial charge in [-0.25, -0.2) is 9.78 Å². The number of thiazole rings is 1. The molecule has 0 saturated heterocycles. The average Bonchev–Trinajstić information content (AvgIpc) is 3.21. The summed E-state index contributed by atoms with van der Waals surface area (Å²) in [7, 11) is 0. The third kappa shape index (κ3) is 6.65. The Morgan fingerprint density at radius 2 is 1.94 bits per heavy atom. The summed E-state index contributed by atoms with van der Waals surface area (Å²) in [5.74, 6) is -0.398. The molecule has 0 radical (unpaired) electrons. The lowest BCUT2D eigenvalue weighted by molar-refractivity contribution is -0.124. The molecule has 3 rings (SSSR count). The van der Waals surface area contributed by atoms with E-state index in [1.807, 2.05) is 43.5 Å². The van der Waals surface area contributed by atoms with Crippen molar-refractivity contribution in [2.45, 2.75) is 39.8 Å². The Labute approximate surface area is 186 Å². The molecule has 1 N–H and O–H groups in total. The van der Waals surface area contributed by atoms with E-state index in [-0.39, 0.29) is 18.6 Å². The van der Waals surface area contributed by atoms with E-state index >= 15 is 0 Å². The standard InChI is InChI=1S/C24H26N2O4S/c1-4-18-8-10-19(11-9-18)16(2)25-23(27)14-30-24(28)20-6-5-7-22(12-20)29-13-21-15-31-17(3)26-21/h5-12,15-16H,4,13-14H2,1-3H3,(H,25,27). The minimum Gasteiger partial charge on any atom is -0.487 e. The number of nitrogens with zero attached hydrogens (tertiary/aromatic N) is 1. The van der Waals surface area contributed by atoms with Gasteiger partial charge in [0.1, 0.15) is 12.4 Å². The zero-order chi connectivity index (χ0) is 22.2. The molecule has 0 bridgehead atoms. The Morgan fingerprint density at radius 3 is 2.61 bits per heavy atom. The molecule has 1 heterocycles. The lowest BCUT2D eigenvalue weighted by atomic mass is 10.1. The third-order valence-corrected chi connectivity index (χ3v) is 5.55. The first-order chi connectivity index (χ1) is 14.9. The van der Waals surface area contributed by atoms with Crippen LogP contribution in [0.5, 0.6) is 5.75 Å². The fourth-order valence-corrected chi connectivity index (χ4v) is 3.56. The van der Waals surface area contributed by atoms with Crippen molar-refractivity contribution < 1.29 is 19.1 Å². The highest BCUT2D eigenvalue weighted by molar-refractivity contribution is 7.09. The molecule has 31 heavy (non-hydrogen) atoms. The molecule has 6 nitrogen and oxygen atoms in total. The molecular weight excluding hydrogens is 412 g/mol. The number of aromatic nitrogens is 1. The normalized spacial score (nSPS) is 11.6. The molecule has 1 aromatic heterocycles. The van der Waals surface area contributed by atoms with Crippen molar-refractivity contribution in [2.24, 2.45) is 0 Å². The van der Waals surface area contributed by atoms with Gasteiger partial charge in [0, 0.05) is 5.38 Å². The van der Waals surface area contributed by atoms with Crippen molar-refractivity contribution in [1.29, 1.82) is 0 Å². The average molecular weight is 439 g/mol. The number of ether oxygens (including phenoxy) is 2. The molecule has 0 aliphatic carbocycles. The van der Waals surface area contributed by atoms with Crippen LogP contribution in [0.25, 0.3) is 0 Å². The fraction of sp³-hybridized carbons (Fsp3) is 0.292. The highest BCUT2D eigenvalue weighted by Crippen LogP contribution is 2.17. The van der Waals surface area contributed by atoms with Crippen LogP contribution in [-0.4, -0.2) is 23.5 Å². The summed E-state index contributed by atoms with van der Waals surface area (Å²) in [6, 6.07) is 14.6. The molecule has 0 aliphatic heterocycles. The van der Waals surface area contributed by atoms with Gasteiger partial charge in [0.25, 0.3) is 5.91 Å². The first-order valence-electron chi connectivity index (χ1n) is 10.1. The maximum atomic E-state index is 12.3. The fourth-order valence-electron chi connectivity index (χ4n) is 2.97. The van der Waals surface area contributed by atoms with Crippen LogP contribution in [0.1, 0.15) is 52.1 Å². The first kappa shape index (κ1) is 22.5. The molecule has 7 heteroatoms. The Hall–Kier alpha value is -3.19. The predicted molar refractivity (Wildman–Crippen MR) is 120 cm³/mol. The van der Waals surface area contributed by atoms with Crippen molar-refractivity contribution in [3.05, 3.63) is 81.3 Å². The topological polar surface area (TPSA) is 77.5 Å². The van der Waals surface area contributed by atoms with Gasteiger partial charge in [-0.15, -0.1) is 11.3 Å². The second kappa shape index (κ2) is 10.7. The van der Waals surface area contributed by atoms with Gasteiger partial charge < -0.3 is 14.8 Å². The van der Waals surface area contributed by atoms with Crippen LogP contribution in [0, 0.1) is 6.92 Å². The van der Waals surface area contributed by atoms with E-state index in [1.54, 1.807) is 35.6 Å². The summed E-state index contributed by atoms with van der Waals surface area (Å²) in [6.45, 7) is 5.90. The van der Waals surface area contributed by atoms with Gasteiger partial charge >= 0.3 is 5.97 Å². The van der Waals surface area contributed by atoms with Crippen LogP contribution in [0.2, 0.25) is 0 Å². The summed E-state index contributed by atoms with van der Waals surface area (Å²) in [4.78, 5) is 28.9. The van der Waals surface area contributed by atoms with Crippen LogP contribution in [0.15, 0.2) is 53.9 Å². The molecule has 162 valence electrons. The number of amides is 1. The van der Waals surface area contributed by atoms with Gasteiger partial charge in [0.05, 0.1) is 22.3 Å². The summed E-state index contributed by atoms with van der Waals surface area (Å²) < 4.78 is 10.9. The van der Waals surface area contributed by atoms with Crippen LogP contribution in [-0.2, 0) is 22.6 Å². The molecule has 0 aliphatic rings. The van der Waals surface area contributed by atoms with Crippen LogP contribution < -0.4 is 10.1 Å². The minimum absolute atomic E-state index is 0.178. The van der Waals surface area contributed by atoms with Crippen molar-refractivity contribution >= 4 is 23.2 Å². The van der Waals surface area contributed by atoms with Gasteiger partial charge in [0.2, 0.25) is 0 Å². The molecule has 1 unspecified atom stereocenters. The van der Waals surface area contributed by atoms with Crippen molar-refractivity contribution in [2.75, 3.05) is 6.61 Å². The maximum absolute atomic E-state index is 12.3. The van der Waals surface area contributed by atoms with E-state index < -0.39 is 5.97 Å². The van der Waals surface area contributed by atoms with Crippen molar-refractivity contribution in [3.63, 3.8) is 0 Å². The molecule has 1 amide bonds. The number of carbonyl (C=O) groups is 2. The number of aryl methyl sites for hydroxylation is 2.